The summed E-state index contributed by atoms with van der Waals surface area (Å²) in [6.07, 6.45) is 2.93. The van der Waals surface area contributed by atoms with Gasteiger partial charge in [0.15, 0.2) is 0 Å². The zero-order valence-electron chi connectivity index (χ0n) is 7.92. The number of aromatic amines is 1. The lowest BCUT2D eigenvalue weighted by molar-refractivity contribution is -0.0589. The highest BCUT2D eigenvalue weighted by molar-refractivity contribution is 5.92. The molecule has 1 heterocycles. The van der Waals surface area contributed by atoms with Gasteiger partial charge in [0.1, 0.15) is 0 Å². The topological polar surface area (TPSA) is 67.0 Å². The molecule has 0 unspecified atom stereocenters. The number of hydroxylamine groups is 1. The van der Waals surface area contributed by atoms with Crippen LogP contribution in [0.15, 0.2) is 12.4 Å². The van der Waals surface area contributed by atoms with E-state index in [2.05, 4.69) is 15.7 Å². The molecule has 72 valence electrons. The molecule has 0 aliphatic carbocycles. The highest BCUT2D eigenvalue weighted by atomic mass is 16.7. The van der Waals surface area contributed by atoms with Crippen LogP contribution in [-0.2, 0) is 4.84 Å². The first-order valence-electron chi connectivity index (χ1n) is 3.96. The van der Waals surface area contributed by atoms with Crippen LogP contribution in [0.1, 0.15) is 31.1 Å². The smallest absolute Gasteiger partial charge is 0.278 e. The summed E-state index contributed by atoms with van der Waals surface area (Å²) in [6.45, 7) is 5.55. The predicted octanol–water partition coefficient (Wildman–Crippen LogP) is 0.870. The molecular weight excluding hydrogens is 170 g/mol. The van der Waals surface area contributed by atoms with E-state index in [1.165, 1.54) is 12.4 Å². The molecule has 0 aliphatic heterocycles. The molecule has 0 aliphatic rings. The number of carbonyl (C=O) groups is 1. The number of aromatic nitrogens is 2. The standard InChI is InChI=1S/C8H13N3O2/c1-8(2,3)13-11-7(12)6-4-9-10-5-6/h4-5H,1-3H3,(H,9,10)(H,11,12). The number of rotatable bonds is 2. The summed E-state index contributed by atoms with van der Waals surface area (Å²) >= 11 is 0. The molecule has 0 spiro atoms. The Kier molecular flexibility index (Phi) is 2.67. The molecule has 0 radical (unpaired) electrons. The Morgan fingerprint density at radius 1 is 1.62 bits per heavy atom. The second-order valence-corrected chi connectivity index (χ2v) is 3.63. The van der Waals surface area contributed by atoms with E-state index in [1.54, 1.807) is 0 Å². The summed E-state index contributed by atoms with van der Waals surface area (Å²) in [5.41, 5.74) is 2.38. The normalized spacial score (nSPS) is 11.3. The quantitative estimate of drug-likeness (QED) is 0.668. The first kappa shape index (κ1) is 9.73. The number of hydrogen-bond donors (Lipinski definition) is 2. The van der Waals surface area contributed by atoms with Crippen molar-refractivity contribution in [2.45, 2.75) is 26.4 Å². The predicted molar refractivity (Wildman–Crippen MR) is 46.9 cm³/mol. The van der Waals surface area contributed by atoms with Gasteiger partial charge in [-0.05, 0) is 20.8 Å². The maximum atomic E-state index is 11.3. The molecule has 0 atom stereocenters. The largest absolute Gasteiger partial charge is 0.285 e. The van der Waals surface area contributed by atoms with Gasteiger partial charge in [-0.3, -0.25) is 14.7 Å². The van der Waals surface area contributed by atoms with Crippen molar-refractivity contribution in [2.75, 3.05) is 0 Å². The van der Waals surface area contributed by atoms with Gasteiger partial charge in [-0.2, -0.15) is 5.10 Å². The second kappa shape index (κ2) is 3.57. The van der Waals surface area contributed by atoms with Gasteiger partial charge in [0, 0.05) is 6.20 Å². The summed E-state index contributed by atoms with van der Waals surface area (Å²) in [7, 11) is 0. The fourth-order valence-corrected chi connectivity index (χ4v) is 0.633. The van der Waals surface area contributed by atoms with E-state index < -0.39 is 0 Å². The van der Waals surface area contributed by atoms with Crippen LogP contribution in [0.3, 0.4) is 0 Å². The van der Waals surface area contributed by atoms with Crippen molar-refractivity contribution in [3.8, 4) is 0 Å². The zero-order chi connectivity index (χ0) is 9.90. The summed E-state index contributed by atoms with van der Waals surface area (Å²) in [6, 6.07) is 0. The van der Waals surface area contributed by atoms with Gasteiger partial charge in [-0.1, -0.05) is 0 Å². The van der Waals surface area contributed by atoms with Gasteiger partial charge in [0.25, 0.3) is 5.91 Å². The minimum absolute atomic E-state index is 0.302. The third-order valence-electron chi connectivity index (χ3n) is 1.21. The summed E-state index contributed by atoms with van der Waals surface area (Å²) < 4.78 is 0. The van der Waals surface area contributed by atoms with E-state index in [4.69, 9.17) is 4.84 Å². The maximum Gasteiger partial charge on any atom is 0.278 e. The lowest BCUT2D eigenvalue weighted by atomic mass is 10.2. The average molecular weight is 183 g/mol. The Labute approximate surface area is 76.4 Å². The summed E-state index contributed by atoms with van der Waals surface area (Å²) in [5.74, 6) is -0.302. The van der Waals surface area contributed by atoms with E-state index in [-0.39, 0.29) is 11.5 Å². The lowest BCUT2D eigenvalue weighted by Crippen LogP contribution is -2.33. The number of H-pyrrole nitrogens is 1. The number of amides is 1. The van der Waals surface area contributed by atoms with Gasteiger partial charge in [-0.15, -0.1) is 0 Å². The van der Waals surface area contributed by atoms with Gasteiger partial charge in [-0.25, -0.2) is 5.48 Å². The fraction of sp³-hybridized carbons (Fsp3) is 0.500. The number of hydrogen-bond acceptors (Lipinski definition) is 3. The Bertz CT molecular complexity index is 274. The molecule has 0 saturated carbocycles. The van der Waals surface area contributed by atoms with Crippen molar-refractivity contribution >= 4 is 5.91 Å². The minimum atomic E-state index is -0.389. The highest BCUT2D eigenvalue weighted by Gasteiger charge is 2.13. The van der Waals surface area contributed by atoms with E-state index in [0.717, 1.165) is 0 Å². The van der Waals surface area contributed by atoms with Crippen LogP contribution in [0.4, 0.5) is 0 Å². The van der Waals surface area contributed by atoms with Crippen molar-refractivity contribution in [3.05, 3.63) is 18.0 Å². The van der Waals surface area contributed by atoms with Crippen LogP contribution in [0.2, 0.25) is 0 Å². The van der Waals surface area contributed by atoms with E-state index >= 15 is 0 Å². The minimum Gasteiger partial charge on any atom is -0.285 e. The van der Waals surface area contributed by atoms with Crippen LogP contribution >= 0.6 is 0 Å². The van der Waals surface area contributed by atoms with Crippen LogP contribution in [0.5, 0.6) is 0 Å². The molecular formula is C8H13N3O2. The molecule has 1 aromatic rings. The fourth-order valence-electron chi connectivity index (χ4n) is 0.633. The first-order valence-corrected chi connectivity index (χ1v) is 3.96. The van der Waals surface area contributed by atoms with Crippen LogP contribution in [-0.4, -0.2) is 21.7 Å². The molecule has 5 heteroatoms. The summed E-state index contributed by atoms with van der Waals surface area (Å²) in [5, 5.41) is 6.19. The zero-order valence-corrected chi connectivity index (χ0v) is 7.92. The van der Waals surface area contributed by atoms with Gasteiger partial charge in [0.05, 0.1) is 17.4 Å². The number of carbonyl (C=O) groups excluding carboxylic acids is 1. The van der Waals surface area contributed by atoms with Gasteiger partial charge < -0.3 is 0 Å². The Morgan fingerprint density at radius 3 is 2.77 bits per heavy atom. The van der Waals surface area contributed by atoms with Crippen molar-refractivity contribution in [2.24, 2.45) is 0 Å². The second-order valence-electron chi connectivity index (χ2n) is 3.63. The SMILES string of the molecule is CC(C)(C)ONC(=O)c1cn[nH]c1. The lowest BCUT2D eigenvalue weighted by Gasteiger charge is -2.18. The van der Waals surface area contributed by atoms with Crippen LogP contribution in [0, 0.1) is 0 Å². The number of nitrogens with one attached hydrogen (secondary N) is 2. The van der Waals surface area contributed by atoms with Crippen molar-refractivity contribution < 1.29 is 9.63 Å². The monoisotopic (exact) mass is 183 g/mol. The van der Waals surface area contributed by atoms with Crippen LogP contribution in [0.25, 0.3) is 0 Å². The Morgan fingerprint density at radius 2 is 2.31 bits per heavy atom. The average Bonchev–Trinajstić information content (AvgIpc) is 2.50. The van der Waals surface area contributed by atoms with Crippen molar-refractivity contribution in [1.29, 1.82) is 0 Å². The third-order valence-corrected chi connectivity index (χ3v) is 1.21. The summed E-state index contributed by atoms with van der Waals surface area (Å²) in [4.78, 5) is 16.3. The van der Waals surface area contributed by atoms with Gasteiger partial charge in [0.2, 0.25) is 0 Å². The van der Waals surface area contributed by atoms with Crippen molar-refractivity contribution in [3.63, 3.8) is 0 Å². The molecule has 0 saturated heterocycles. The molecule has 1 rings (SSSR count). The molecule has 0 bridgehead atoms. The molecule has 2 N–H and O–H groups in total. The van der Waals surface area contributed by atoms with Gasteiger partial charge >= 0.3 is 0 Å². The first-order chi connectivity index (χ1) is 5.99. The Hall–Kier alpha value is -1.36. The van der Waals surface area contributed by atoms with E-state index in [1.807, 2.05) is 20.8 Å². The Balaban J connectivity index is 2.44. The molecule has 1 amide bonds. The number of nitrogens with zero attached hydrogens (tertiary/aromatic N) is 1. The maximum absolute atomic E-state index is 11.3. The molecule has 0 aromatic carbocycles. The molecule has 0 fully saturated rings. The van der Waals surface area contributed by atoms with E-state index in [9.17, 15) is 4.79 Å². The van der Waals surface area contributed by atoms with E-state index in [0.29, 0.717) is 5.56 Å². The highest BCUT2D eigenvalue weighted by Crippen LogP contribution is 2.04. The van der Waals surface area contributed by atoms with Crippen LogP contribution < -0.4 is 5.48 Å². The third kappa shape index (κ3) is 3.25. The molecule has 5 nitrogen and oxygen atoms in total. The van der Waals surface area contributed by atoms with Crippen molar-refractivity contribution in [1.82, 2.24) is 15.7 Å². The molecule has 1 aromatic heterocycles. The molecule has 13 heavy (non-hydrogen) atoms.